The summed E-state index contributed by atoms with van der Waals surface area (Å²) in [5, 5.41) is 3.86. The zero-order chi connectivity index (χ0) is 25.3. The Morgan fingerprint density at radius 2 is 1.41 bits per heavy atom. The van der Waals surface area contributed by atoms with E-state index in [1.54, 1.807) is 30.3 Å². The number of carbonyl (C=O) groups is 5. The van der Waals surface area contributed by atoms with E-state index in [0.29, 0.717) is 5.56 Å². The maximum Gasteiger partial charge on any atom is 0.303 e. The third-order valence-electron chi connectivity index (χ3n) is 4.45. The third-order valence-corrected chi connectivity index (χ3v) is 4.45. The predicted molar refractivity (Wildman–Crippen MR) is 114 cm³/mol. The molecular formula is C22H26N2O10. The fourth-order valence-corrected chi connectivity index (χ4v) is 3.21. The standard InChI is InChI=1S/C22H26N2O10/c1-12(25)30-11-18-20(32-14(3)27)21(33-15(4)28)19(31-13(2)26)17(34-18)10-23-24-22(29)16-8-6-5-7-9-16/h5-10,17-21H,11H2,1-4H3,(H,24,29)/b23-10+/t17-,18+,19-,20-,21+/m0/s1. The molecule has 0 radical (unpaired) electrons. The van der Waals surface area contributed by atoms with Crippen LogP contribution in [0.2, 0.25) is 0 Å². The van der Waals surface area contributed by atoms with Gasteiger partial charge in [0.05, 0.1) is 6.21 Å². The van der Waals surface area contributed by atoms with Crippen LogP contribution < -0.4 is 5.43 Å². The fourth-order valence-electron chi connectivity index (χ4n) is 3.21. The lowest BCUT2D eigenvalue weighted by Crippen LogP contribution is -2.62. The van der Waals surface area contributed by atoms with Crippen LogP contribution in [0.3, 0.4) is 0 Å². The van der Waals surface area contributed by atoms with E-state index in [0.717, 1.165) is 27.0 Å². The molecule has 1 aromatic carbocycles. The molecule has 1 N–H and O–H groups in total. The lowest BCUT2D eigenvalue weighted by Gasteiger charge is -2.43. The van der Waals surface area contributed by atoms with Gasteiger partial charge in [-0.1, -0.05) is 18.2 Å². The van der Waals surface area contributed by atoms with Crippen LogP contribution in [0.4, 0.5) is 0 Å². The molecule has 1 saturated heterocycles. The molecule has 5 atom stereocenters. The van der Waals surface area contributed by atoms with Gasteiger partial charge in [0.1, 0.15) is 18.8 Å². The Morgan fingerprint density at radius 1 is 0.853 bits per heavy atom. The van der Waals surface area contributed by atoms with Gasteiger partial charge in [0, 0.05) is 33.3 Å². The van der Waals surface area contributed by atoms with Crippen LogP contribution in [-0.2, 0) is 42.9 Å². The second kappa shape index (κ2) is 12.4. The van der Waals surface area contributed by atoms with Gasteiger partial charge in [-0.15, -0.1) is 0 Å². The first-order chi connectivity index (χ1) is 16.1. The average Bonchev–Trinajstić information content (AvgIpc) is 2.75. The van der Waals surface area contributed by atoms with Gasteiger partial charge in [-0.3, -0.25) is 24.0 Å². The second-order valence-corrected chi connectivity index (χ2v) is 7.25. The summed E-state index contributed by atoms with van der Waals surface area (Å²) in [4.78, 5) is 58.8. The van der Waals surface area contributed by atoms with Crippen molar-refractivity contribution in [3.63, 3.8) is 0 Å². The number of nitrogens with one attached hydrogen (secondary N) is 1. The number of esters is 4. The SMILES string of the molecule is CC(=O)OC[C@H]1O[C@@H](/C=N/NC(=O)c2ccccc2)[C@H](OC(C)=O)[C@@H](OC(C)=O)[C@H]1OC(C)=O. The largest absolute Gasteiger partial charge is 0.463 e. The molecule has 1 amide bonds. The zero-order valence-corrected chi connectivity index (χ0v) is 19.1. The van der Waals surface area contributed by atoms with E-state index in [-0.39, 0.29) is 6.61 Å². The summed E-state index contributed by atoms with van der Waals surface area (Å²) >= 11 is 0. The predicted octanol–water partition coefficient (Wildman–Crippen LogP) is 0.528. The van der Waals surface area contributed by atoms with Crippen LogP contribution >= 0.6 is 0 Å². The van der Waals surface area contributed by atoms with Gasteiger partial charge in [0.25, 0.3) is 5.91 Å². The molecule has 1 aliphatic rings. The summed E-state index contributed by atoms with van der Waals surface area (Å²) in [6, 6.07) is 8.27. The maximum atomic E-state index is 12.2. The number of nitrogens with zero attached hydrogens (tertiary/aromatic N) is 1. The molecule has 1 aromatic rings. The first kappa shape index (κ1) is 26.5. The maximum absolute atomic E-state index is 12.2. The Morgan fingerprint density at radius 3 is 1.97 bits per heavy atom. The quantitative estimate of drug-likeness (QED) is 0.242. The monoisotopic (exact) mass is 478 g/mol. The van der Waals surface area contributed by atoms with Gasteiger partial charge in [-0.05, 0) is 12.1 Å². The van der Waals surface area contributed by atoms with E-state index in [4.69, 9.17) is 23.7 Å². The Hall–Kier alpha value is -3.80. The summed E-state index contributed by atoms with van der Waals surface area (Å²) in [6.45, 7) is 4.18. The summed E-state index contributed by atoms with van der Waals surface area (Å²) < 4.78 is 26.7. The van der Waals surface area contributed by atoms with Crippen molar-refractivity contribution in [3.8, 4) is 0 Å². The Kier molecular flexibility index (Phi) is 9.68. The fraction of sp³-hybridized carbons (Fsp3) is 0.455. The summed E-state index contributed by atoms with van der Waals surface area (Å²) in [5.41, 5.74) is 2.66. The van der Waals surface area contributed by atoms with Crippen molar-refractivity contribution < 1.29 is 47.7 Å². The molecule has 1 aliphatic heterocycles. The number of hydrogen-bond donors (Lipinski definition) is 1. The van der Waals surface area contributed by atoms with Crippen molar-refractivity contribution in [3.05, 3.63) is 35.9 Å². The van der Waals surface area contributed by atoms with Gasteiger partial charge < -0.3 is 23.7 Å². The molecular weight excluding hydrogens is 452 g/mol. The first-order valence-electron chi connectivity index (χ1n) is 10.3. The lowest BCUT2D eigenvalue weighted by molar-refractivity contribution is -0.240. The van der Waals surface area contributed by atoms with Gasteiger partial charge in [0.15, 0.2) is 18.3 Å². The van der Waals surface area contributed by atoms with Crippen LogP contribution in [0, 0.1) is 0 Å². The van der Waals surface area contributed by atoms with Crippen molar-refractivity contribution in [2.45, 2.75) is 58.2 Å². The number of hydrogen-bond acceptors (Lipinski definition) is 11. The lowest BCUT2D eigenvalue weighted by atomic mass is 9.94. The van der Waals surface area contributed by atoms with Crippen LogP contribution in [-0.4, -0.2) is 73.1 Å². The van der Waals surface area contributed by atoms with Gasteiger partial charge in [0.2, 0.25) is 0 Å². The highest BCUT2D eigenvalue weighted by atomic mass is 16.7. The van der Waals surface area contributed by atoms with Crippen molar-refractivity contribution in [1.82, 2.24) is 5.43 Å². The number of benzene rings is 1. The second-order valence-electron chi connectivity index (χ2n) is 7.25. The normalized spacial score (nSPS) is 24.1. The molecule has 0 aromatic heterocycles. The minimum atomic E-state index is -1.32. The van der Waals surface area contributed by atoms with E-state index in [1.165, 1.54) is 6.92 Å². The highest BCUT2D eigenvalue weighted by molar-refractivity contribution is 5.94. The molecule has 0 saturated carbocycles. The molecule has 2 rings (SSSR count). The minimum absolute atomic E-state index is 0.348. The minimum Gasteiger partial charge on any atom is -0.463 e. The topological polar surface area (TPSA) is 156 Å². The molecule has 184 valence electrons. The molecule has 34 heavy (non-hydrogen) atoms. The Balaban J connectivity index is 2.34. The highest BCUT2D eigenvalue weighted by Crippen LogP contribution is 2.28. The molecule has 12 heteroatoms. The van der Waals surface area contributed by atoms with Crippen molar-refractivity contribution >= 4 is 36.0 Å². The van der Waals surface area contributed by atoms with Crippen molar-refractivity contribution in [1.29, 1.82) is 0 Å². The molecule has 0 aliphatic carbocycles. The number of rotatable bonds is 8. The van der Waals surface area contributed by atoms with Crippen molar-refractivity contribution in [2.75, 3.05) is 6.61 Å². The van der Waals surface area contributed by atoms with E-state index in [9.17, 15) is 24.0 Å². The number of amides is 1. The molecule has 0 unspecified atom stereocenters. The van der Waals surface area contributed by atoms with Crippen LogP contribution in [0.5, 0.6) is 0 Å². The van der Waals surface area contributed by atoms with Gasteiger partial charge >= 0.3 is 23.9 Å². The number of carbonyl (C=O) groups excluding carboxylic acids is 5. The summed E-state index contributed by atoms with van der Waals surface area (Å²) in [5.74, 6) is -3.36. The third kappa shape index (κ3) is 7.96. The molecule has 12 nitrogen and oxygen atoms in total. The molecule has 0 bridgehead atoms. The van der Waals surface area contributed by atoms with Crippen LogP contribution in [0.1, 0.15) is 38.1 Å². The van der Waals surface area contributed by atoms with E-state index in [2.05, 4.69) is 10.5 Å². The average molecular weight is 478 g/mol. The number of ether oxygens (including phenoxy) is 5. The summed E-state index contributed by atoms with van der Waals surface area (Å²) in [7, 11) is 0. The number of hydrazone groups is 1. The zero-order valence-electron chi connectivity index (χ0n) is 19.1. The van der Waals surface area contributed by atoms with E-state index in [1.807, 2.05) is 0 Å². The molecule has 0 spiro atoms. The first-order valence-corrected chi connectivity index (χ1v) is 10.3. The Bertz CT molecular complexity index is 933. The molecule has 1 fully saturated rings. The van der Waals surface area contributed by atoms with Gasteiger partial charge in [-0.2, -0.15) is 5.10 Å². The summed E-state index contributed by atoms with van der Waals surface area (Å²) in [6.07, 6.45) is -5.02. The molecule has 1 heterocycles. The smallest absolute Gasteiger partial charge is 0.303 e. The Labute approximate surface area is 195 Å². The highest BCUT2D eigenvalue weighted by Gasteiger charge is 2.51. The van der Waals surface area contributed by atoms with E-state index < -0.39 is 60.3 Å². The van der Waals surface area contributed by atoms with E-state index >= 15 is 0 Å². The van der Waals surface area contributed by atoms with Crippen LogP contribution in [0.25, 0.3) is 0 Å². The van der Waals surface area contributed by atoms with Gasteiger partial charge in [-0.25, -0.2) is 5.43 Å². The van der Waals surface area contributed by atoms with Crippen molar-refractivity contribution in [2.24, 2.45) is 5.10 Å². The van der Waals surface area contributed by atoms with Crippen LogP contribution in [0.15, 0.2) is 35.4 Å².